The van der Waals surface area contributed by atoms with Gasteiger partial charge in [0.25, 0.3) is 5.91 Å². The van der Waals surface area contributed by atoms with E-state index in [4.69, 9.17) is 5.11 Å². The summed E-state index contributed by atoms with van der Waals surface area (Å²) in [7, 11) is 0. The molecule has 4 nitrogen and oxygen atoms in total. The van der Waals surface area contributed by atoms with E-state index in [-0.39, 0.29) is 18.6 Å². The minimum absolute atomic E-state index is 0.0598. The maximum atomic E-state index is 12.0. The van der Waals surface area contributed by atoms with Gasteiger partial charge in [-0.3, -0.25) is 4.79 Å². The first-order valence-corrected chi connectivity index (χ1v) is 6.82. The van der Waals surface area contributed by atoms with Crippen molar-refractivity contribution in [2.75, 3.05) is 12.9 Å². The van der Waals surface area contributed by atoms with Crippen LogP contribution in [0.1, 0.15) is 30.1 Å². The highest BCUT2D eigenvalue weighted by Gasteiger charge is 2.13. The molecule has 0 aliphatic heterocycles. The van der Waals surface area contributed by atoms with Crippen LogP contribution in [0.25, 0.3) is 0 Å². The van der Waals surface area contributed by atoms with Crippen LogP contribution in [0.5, 0.6) is 0 Å². The highest BCUT2D eigenvalue weighted by Crippen LogP contribution is 2.16. The number of pyridine rings is 1. The van der Waals surface area contributed by atoms with Gasteiger partial charge >= 0.3 is 0 Å². The van der Waals surface area contributed by atoms with Gasteiger partial charge < -0.3 is 10.4 Å². The van der Waals surface area contributed by atoms with E-state index in [9.17, 15) is 4.79 Å². The molecule has 0 saturated carbocycles. The summed E-state index contributed by atoms with van der Waals surface area (Å²) < 4.78 is 0. The van der Waals surface area contributed by atoms with E-state index in [0.29, 0.717) is 12.0 Å². The van der Waals surface area contributed by atoms with Gasteiger partial charge in [0.05, 0.1) is 5.56 Å². The Morgan fingerprint density at radius 2 is 2.41 bits per heavy atom. The summed E-state index contributed by atoms with van der Waals surface area (Å²) in [6.07, 6.45) is 5.05. The molecule has 1 unspecified atom stereocenters. The second kappa shape index (κ2) is 7.29. The quantitative estimate of drug-likeness (QED) is 0.758. The summed E-state index contributed by atoms with van der Waals surface area (Å²) >= 11 is 1.46. The first kappa shape index (κ1) is 14.0. The minimum Gasteiger partial charge on any atom is -0.396 e. The van der Waals surface area contributed by atoms with Crippen molar-refractivity contribution in [1.29, 1.82) is 0 Å². The van der Waals surface area contributed by atoms with Crippen LogP contribution in [0.3, 0.4) is 0 Å². The molecule has 5 heteroatoms. The Balaban J connectivity index is 2.63. The Morgan fingerprint density at radius 3 is 3.06 bits per heavy atom. The molecule has 0 fully saturated rings. The molecular weight excluding hydrogens is 236 g/mol. The van der Waals surface area contributed by atoms with Gasteiger partial charge in [-0.1, -0.05) is 0 Å². The number of hydrogen-bond donors (Lipinski definition) is 2. The molecule has 1 atom stereocenters. The fourth-order valence-corrected chi connectivity index (χ4v) is 2.04. The molecule has 1 aromatic rings. The van der Waals surface area contributed by atoms with Crippen LogP contribution in [0, 0.1) is 0 Å². The molecule has 0 aliphatic carbocycles. The number of amides is 1. The molecule has 94 valence electrons. The lowest BCUT2D eigenvalue weighted by atomic mass is 10.1. The molecule has 1 heterocycles. The predicted molar refractivity (Wildman–Crippen MR) is 69.3 cm³/mol. The van der Waals surface area contributed by atoms with Gasteiger partial charge in [0.15, 0.2) is 0 Å². The average Bonchev–Trinajstić information content (AvgIpc) is 2.36. The molecule has 1 aromatic heterocycles. The molecule has 17 heavy (non-hydrogen) atoms. The van der Waals surface area contributed by atoms with Gasteiger partial charge in [-0.2, -0.15) is 0 Å². The fraction of sp³-hybridized carbons (Fsp3) is 0.500. The van der Waals surface area contributed by atoms with Gasteiger partial charge in [-0.05, 0) is 38.2 Å². The number of thioether (sulfide) groups is 1. The van der Waals surface area contributed by atoms with Crippen LogP contribution < -0.4 is 5.32 Å². The Labute approximate surface area is 106 Å². The SMILES string of the molecule is CSc1ncccc1C(=O)NC(C)CCCO. The van der Waals surface area contributed by atoms with E-state index in [2.05, 4.69) is 10.3 Å². The number of carbonyl (C=O) groups excluding carboxylic acids is 1. The summed E-state index contributed by atoms with van der Waals surface area (Å²) in [4.78, 5) is 16.1. The van der Waals surface area contributed by atoms with Crippen LogP contribution in [-0.2, 0) is 0 Å². The topological polar surface area (TPSA) is 62.2 Å². The van der Waals surface area contributed by atoms with E-state index in [0.717, 1.165) is 11.4 Å². The summed E-state index contributed by atoms with van der Waals surface area (Å²) in [6, 6.07) is 3.59. The lowest BCUT2D eigenvalue weighted by molar-refractivity contribution is 0.0932. The van der Waals surface area contributed by atoms with Crippen molar-refractivity contribution in [1.82, 2.24) is 10.3 Å². The molecule has 0 saturated heterocycles. The van der Waals surface area contributed by atoms with Crippen LogP contribution in [0.4, 0.5) is 0 Å². The van der Waals surface area contributed by atoms with Gasteiger partial charge in [-0.25, -0.2) is 4.98 Å². The minimum atomic E-state index is -0.104. The Bertz CT molecular complexity index is 371. The van der Waals surface area contributed by atoms with Crippen molar-refractivity contribution < 1.29 is 9.90 Å². The molecule has 0 bridgehead atoms. The number of rotatable bonds is 6. The number of carbonyl (C=O) groups is 1. The van der Waals surface area contributed by atoms with Crippen molar-refractivity contribution in [3.63, 3.8) is 0 Å². The van der Waals surface area contributed by atoms with Gasteiger partial charge in [0.2, 0.25) is 0 Å². The zero-order valence-electron chi connectivity index (χ0n) is 10.1. The van der Waals surface area contributed by atoms with Crippen molar-refractivity contribution in [2.45, 2.75) is 30.8 Å². The maximum absolute atomic E-state index is 12.0. The number of aliphatic hydroxyl groups excluding tert-OH is 1. The fourth-order valence-electron chi connectivity index (χ4n) is 1.50. The number of nitrogens with zero attached hydrogens (tertiary/aromatic N) is 1. The van der Waals surface area contributed by atoms with Crippen LogP contribution in [0.15, 0.2) is 23.4 Å². The average molecular weight is 254 g/mol. The molecule has 1 amide bonds. The smallest absolute Gasteiger partial charge is 0.254 e. The molecule has 0 aliphatic rings. The third-order valence-corrected chi connectivity index (χ3v) is 3.09. The van der Waals surface area contributed by atoms with Gasteiger partial charge in [0.1, 0.15) is 5.03 Å². The number of aliphatic hydroxyl groups is 1. The largest absolute Gasteiger partial charge is 0.396 e. The molecule has 0 spiro atoms. The lowest BCUT2D eigenvalue weighted by Gasteiger charge is -2.14. The third-order valence-electron chi connectivity index (χ3n) is 2.38. The Morgan fingerprint density at radius 1 is 1.65 bits per heavy atom. The van der Waals surface area contributed by atoms with Gasteiger partial charge in [0, 0.05) is 18.8 Å². The monoisotopic (exact) mass is 254 g/mol. The zero-order valence-corrected chi connectivity index (χ0v) is 11.0. The molecule has 1 rings (SSSR count). The van der Waals surface area contributed by atoms with Crippen molar-refractivity contribution in [3.05, 3.63) is 23.9 Å². The molecule has 0 aromatic carbocycles. The first-order chi connectivity index (χ1) is 8.19. The standard InChI is InChI=1S/C12H18N2O2S/c1-9(5-4-8-15)14-11(16)10-6-3-7-13-12(10)17-2/h3,6-7,9,15H,4-5,8H2,1-2H3,(H,14,16). The Kier molecular flexibility index (Phi) is 6.00. The summed E-state index contributed by atoms with van der Waals surface area (Å²) in [5, 5.41) is 12.4. The second-order valence-corrected chi connectivity index (χ2v) is 4.60. The van der Waals surface area contributed by atoms with E-state index < -0.39 is 0 Å². The molecule has 2 N–H and O–H groups in total. The number of hydrogen-bond acceptors (Lipinski definition) is 4. The second-order valence-electron chi connectivity index (χ2n) is 3.80. The van der Waals surface area contributed by atoms with Gasteiger partial charge in [-0.15, -0.1) is 11.8 Å². The molecular formula is C12H18N2O2S. The first-order valence-electron chi connectivity index (χ1n) is 5.59. The molecule has 0 radical (unpaired) electrons. The third kappa shape index (κ3) is 4.36. The highest BCUT2D eigenvalue weighted by molar-refractivity contribution is 7.98. The number of aromatic nitrogens is 1. The zero-order chi connectivity index (χ0) is 12.7. The van der Waals surface area contributed by atoms with Crippen molar-refractivity contribution >= 4 is 17.7 Å². The maximum Gasteiger partial charge on any atom is 0.254 e. The summed E-state index contributed by atoms with van der Waals surface area (Å²) in [5.41, 5.74) is 0.607. The van der Waals surface area contributed by atoms with Crippen molar-refractivity contribution in [3.8, 4) is 0 Å². The van der Waals surface area contributed by atoms with E-state index in [1.807, 2.05) is 13.2 Å². The highest BCUT2D eigenvalue weighted by atomic mass is 32.2. The summed E-state index contributed by atoms with van der Waals surface area (Å²) in [5.74, 6) is -0.104. The van der Waals surface area contributed by atoms with Crippen LogP contribution >= 0.6 is 11.8 Å². The van der Waals surface area contributed by atoms with E-state index >= 15 is 0 Å². The lowest BCUT2D eigenvalue weighted by Crippen LogP contribution is -2.33. The van der Waals surface area contributed by atoms with E-state index in [1.54, 1.807) is 18.3 Å². The predicted octanol–water partition coefficient (Wildman–Crippen LogP) is 1.69. The summed E-state index contributed by atoms with van der Waals surface area (Å²) in [6.45, 7) is 2.09. The van der Waals surface area contributed by atoms with Crippen molar-refractivity contribution in [2.24, 2.45) is 0 Å². The normalized spacial score (nSPS) is 12.2. The Hall–Kier alpha value is -1.07. The van der Waals surface area contributed by atoms with E-state index in [1.165, 1.54) is 11.8 Å². The van der Waals surface area contributed by atoms with Crippen LogP contribution in [-0.4, -0.2) is 34.9 Å². The number of nitrogens with one attached hydrogen (secondary N) is 1. The van der Waals surface area contributed by atoms with Crippen LogP contribution in [0.2, 0.25) is 0 Å².